The molecule has 2 heteroatoms. The van der Waals surface area contributed by atoms with E-state index < -0.39 is 0 Å². The molecule has 0 rings (SSSR count). The van der Waals surface area contributed by atoms with Crippen LogP contribution in [0.3, 0.4) is 0 Å². The molecule has 0 radical (unpaired) electrons. The van der Waals surface area contributed by atoms with Gasteiger partial charge < -0.3 is 11.1 Å². The summed E-state index contributed by atoms with van der Waals surface area (Å²) in [6.07, 6.45) is 6.36. The standard InChI is InChI=1S/C14H28N2/c1-7-11(3)9-10-14(6,8-2)16-13(5)12(4)15/h9-10,12-13,16H,3,7-8,15H2,1-2,4-6H3/b10-9-. The van der Waals surface area contributed by atoms with Gasteiger partial charge in [0.1, 0.15) is 0 Å². The molecule has 16 heavy (non-hydrogen) atoms. The molecule has 3 unspecified atom stereocenters. The lowest BCUT2D eigenvalue weighted by Gasteiger charge is -2.32. The monoisotopic (exact) mass is 224 g/mol. The number of rotatable bonds is 7. The predicted octanol–water partition coefficient (Wildman–Crippen LogP) is 3.00. The highest BCUT2D eigenvalue weighted by atomic mass is 15.0. The molecular formula is C14H28N2. The number of nitrogens with one attached hydrogen (secondary N) is 1. The van der Waals surface area contributed by atoms with Gasteiger partial charge in [-0.25, -0.2) is 0 Å². The largest absolute Gasteiger partial charge is 0.327 e. The minimum atomic E-state index is 0.00512. The SMILES string of the molecule is C=C(/C=C\C(C)(CC)NC(C)C(C)N)CC. The van der Waals surface area contributed by atoms with Gasteiger partial charge in [0.2, 0.25) is 0 Å². The Bertz CT molecular complexity index is 243. The third kappa shape index (κ3) is 5.47. The quantitative estimate of drug-likeness (QED) is 0.652. The van der Waals surface area contributed by atoms with Crippen molar-refractivity contribution in [3.05, 3.63) is 24.3 Å². The van der Waals surface area contributed by atoms with Crippen LogP contribution in [0.25, 0.3) is 0 Å². The van der Waals surface area contributed by atoms with Gasteiger partial charge in [0.15, 0.2) is 0 Å². The second-order valence-electron chi connectivity index (χ2n) is 4.91. The summed E-state index contributed by atoms with van der Waals surface area (Å²) in [5.74, 6) is 0. The molecule has 0 bridgehead atoms. The Hall–Kier alpha value is -0.600. The van der Waals surface area contributed by atoms with E-state index in [1.165, 1.54) is 0 Å². The Balaban J connectivity index is 4.53. The Morgan fingerprint density at radius 3 is 2.38 bits per heavy atom. The van der Waals surface area contributed by atoms with Crippen molar-refractivity contribution >= 4 is 0 Å². The fourth-order valence-electron chi connectivity index (χ4n) is 1.34. The molecule has 0 aromatic rings. The predicted molar refractivity (Wildman–Crippen MR) is 73.5 cm³/mol. The van der Waals surface area contributed by atoms with Gasteiger partial charge in [-0.2, -0.15) is 0 Å². The van der Waals surface area contributed by atoms with Crippen LogP contribution in [0.15, 0.2) is 24.3 Å². The first kappa shape index (κ1) is 15.4. The first-order valence-corrected chi connectivity index (χ1v) is 6.25. The van der Waals surface area contributed by atoms with Crippen LogP contribution >= 0.6 is 0 Å². The topological polar surface area (TPSA) is 38.0 Å². The van der Waals surface area contributed by atoms with Gasteiger partial charge in [-0.15, -0.1) is 0 Å². The highest BCUT2D eigenvalue weighted by molar-refractivity contribution is 5.19. The van der Waals surface area contributed by atoms with E-state index in [0.29, 0.717) is 6.04 Å². The molecule has 2 nitrogen and oxygen atoms in total. The zero-order valence-corrected chi connectivity index (χ0v) is 11.5. The number of nitrogens with two attached hydrogens (primary N) is 1. The molecule has 0 spiro atoms. The highest BCUT2D eigenvalue weighted by Gasteiger charge is 2.21. The molecule has 0 aromatic heterocycles. The van der Waals surface area contributed by atoms with Crippen LogP contribution in [-0.4, -0.2) is 17.6 Å². The Kier molecular flexibility index (Phi) is 6.61. The van der Waals surface area contributed by atoms with Crippen LogP contribution in [-0.2, 0) is 0 Å². The first-order valence-electron chi connectivity index (χ1n) is 6.25. The van der Waals surface area contributed by atoms with Crippen molar-refractivity contribution in [3.8, 4) is 0 Å². The van der Waals surface area contributed by atoms with E-state index in [9.17, 15) is 0 Å². The van der Waals surface area contributed by atoms with Crippen LogP contribution in [0.4, 0.5) is 0 Å². The summed E-state index contributed by atoms with van der Waals surface area (Å²) in [4.78, 5) is 0. The maximum Gasteiger partial charge on any atom is 0.0339 e. The van der Waals surface area contributed by atoms with Crippen molar-refractivity contribution in [2.75, 3.05) is 0 Å². The van der Waals surface area contributed by atoms with Gasteiger partial charge in [0.05, 0.1) is 0 Å². The number of hydrogen-bond donors (Lipinski definition) is 2. The molecule has 0 saturated carbocycles. The van der Waals surface area contributed by atoms with E-state index >= 15 is 0 Å². The molecule has 0 aromatic carbocycles. The molecule has 0 aliphatic carbocycles. The second-order valence-corrected chi connectivity index (χ2v) is 4.91. The molecule has 0 aliphatic rings. The lowest BCUT2D eigenvalue weighted by molar-refractivity contribution is 0.346. The van der Waals surface area contributed by atoms with Crippen molar-refractivity contribution in [2.24, 2.45) is 5.73 Å². The van der Waals surface area contributed by atoms with E-state index in [1.807, 2.05) is 6.92 Å². The molecular weight excluding hydrogens is 196 g/mol. The molecule has 0 aliphatic heterocycles. The average Bonchev–Trinajstić information content (AvgIpc) is 2.25. The molecule has 3 N–H and O–H groups in total. The average molecular weight is 224 g/mol. The van der Waals surface area contributed by atoms with Crippen LogP contribution in [0.1, 0.15) is 47.5 Å². The van der Waals surface area contributed by atoms with E-state index in [-0.39, 0.29) is 11.6 Å². The second kappa shape index (κ2) is 6.87. The number of hydrogen-bond acceptors (Lipinski definition) is 2. The smallest absolute Gasteiger partial charge is 0.0339 e. The van der Waals surface area contributed by atoms with Crippen LogP contribution in [0.5, 0.6) is 0 Å². The summed E-state index contributed by atoms with van der Waals surface area (Å²) in [5, 5.41) is 3.57. The molecule has 0 saturated heterocycles. The fourth-order valence-corrected chi connectivity index (χ4v) is 1.34. The maximum atomic E-state index is 5.88. The van der Waals surface area contributed by atoms with Gasteiger partial charge >= 0.3 is 0 Å². The van der Waals surface area contributed by atoms with Gasteiger partial charge in [-0.3, -0.25) is 0 Å². The van der Waals surface area contributed by atoms with Gasteiger partial charge in [0.25, 0.3) is 0 Å². The summed E-state index contributed by atoms with van der Waals surface area (Å²) in [7, 11) is 0. The van der Waals surface area contributed by atoms with E-state index in [0.717, 1.165) is 18.4 Å². The lowest BCUT2D eigenvalue weighted by Crippen LogP contribution is -2.51. The lowest BCUT2D eigenvalue weighted by atomic mass is 9.95. The molecule has 0 fully saturated rings. The minimum absolute atomic E-state index is 0.00512. The first-order chi connectivity index (χ1) is 7.34. The molecule has 0 amide bonds. The Labute approximate surface area is 101 Å². The third-order valence-electron chi connectivity index (χ3n) is 3.22. The van der Waals surface area contributed by atoms with Crippen LogP contribution in [0.2, 0.25) is 0 Å². The summed E-state index contributed by atoms with van der Waals surface area (Å²) in [6, 6.07) is 0.471. The van der Waals surface area contributed by atoms with Crippen LogP contribution in [0, 0.1) is 0 Å². The van der Waals surface area contributed by atoms with Gasteiger partial charge in [-0.05, 0) is 33.6 Å². The van der Waals surface area contributed by atoms with Crippen molar-refractivity contribution in [1.82, 2.24) is 5.32 Å². The molecule has 94 valence electrons. The fraction of sp³-hybridized carbons (Fsp3) is 0.714. The van der Waals surface area contributed by atoms with Crippen molar-refractivity contribution in [2.45, 2.75) is 65.1 Å². The van der Waals surface area contributed by atoms with E-state index in [1.54, 1.807) is 0 Å². The third-order valence-corrected chi connectivity index (χ3v) is 3.22. The van der Waals surface area contributed by atoms with Crippen molar-refractivity contribution in [1.29, 1.82) is 0 Å². The van der Waals surface area contributed by atoms with Gasteiger partial charge in [0, 0.05) is 17.6 Å². The summed E-state index contributed by atoms with van der Waals surface area (Å²) in [6.45, 7) is 14.6. The maximum absolute atomic E-state index is 5.88. The Morgan fingerprint density at radius 2 is 2.00 bits per heavy atom. The van der Waals surface area contributed by atoms with Crippen LogP contribution < -0.4 is 11.1 Å². The summed E-state index contributed by atoms with van der Waals surface area (Å²) >= 11 is 0. The van der Waals surface area contributed by atoms with Crippen molar-refractivity contribution in [3.63, 3.8) is 0 Å². The van der Waals surface area contributed by atoms with Crippen molar-refractivity contribution < 1.29 is 0 Å². The van der Waals surface area contributed by atoms with E-state index in [4.69, 9.17) is 5.73 Å². The summed E-state index contributed by atoms with van der Waals surface area (Å²) in [5.41, 5.74) is 7.04. The zero-order chi connectivity index (χ0) is 12.8. The number of allylic oxidation sites excluding steroid dienone is 2. The Morgan fingerprint density at radius 1 is 1.44 bits per heavy atom. The molecule has 3 atom stereocenters. The normalized spacial score (nSPS) is 19.4. The van der Waals surface area contributed by atoms with E-state index in [2.05, 4.69) is 51.7 Å². The summed E-state index contributed by atoms with van der Waals surface area (Å²) < 4.78 is 0. The zero-order valence-electron chi connectivity index (χ0n) is 11.5. The highest BCUT2D eigenvalue weighted by Crippen LogP contribution is 2.14. The molecule has 0 heterocycles. The minimum Gasteiger partial charge on any atom is -0.327 e. The van der Waals surface area contributed by atoms with Gasteiger partial charge in [-0.1, -0.05) is 38.2 Å².